The zero-order valence-electron chi connectivity index (χ0n) is 13.0. The second kappa shape index (κ2) is 9.73. The summed E-state index contributed by atoms with van der Waals surface area (Å²) in [5, 5.41) is 0. The van der Waals surface area contributed by atoms with E-state index in [1.54, 1.807) is 7.11 Å². The Morgan fingerprint density at radius 1 is 1.16 bits per heavy atom. The van der Waals surface area contributed by atoms with Gasteiger partial charge in [0.25, 0.3) is 0 Å². The summed E-state index contributed by atoms with van der Waals surface area (Å²) in [6.45, 7) is 5.33. The Labute approximate surface area is 119 Å². The molecule has 1 aliphatic rings. The second-order valence-electron chi connectivity index (χ2n) is 6.14. The van der Waals surface area contributed by atoms with E-state index in [4.69, 9.17) is 15.2 Å². The van der Waals surface area contributed by atoms with Crippen molar-refractivity contribution in [3.63, 3.8) is 0 Å². The van der Waals surface area contributed by atoms with Crippen LogP contribution in [0.4, 0.5) is 0 Å². The smallest absolute Gasteiger partial charge is 0.0700 e. The highest BCUT2D eigenvalue weighted by Gasteiger charge is 2.33. The molecule has 0 saturated heterocycles. The van der Waals surface area contributed by atoms with Gasteiger partial charge in [0.2, 0.25) is 0 Å². The minimum Gasteiger partial charge on any atom is -0.382 e. The maximum atomic E-state index is 6.04. The van der Waals surface area contributed by atoms with Crippen molar-refractivity contribution in [2.45, 2.75) is 58.3 Å². The molecule has 0 spiro atoms. The van der Waals surface area contributed by atoms with Crippen molar-refractivity contribution in [3.8, 4) is 0 Å². The summed E-state index contributed by atoms with van der Waals surface area (Å²) in [4.78, 5) is 0. The van der Waals surface area contributed by atoms with Gasteiger partial charge in [-0.1, -0.05) is 26.2 Å². The molecule has 0 amide bonds. The molecule has 1 aliphatic carbocycles. The van der Waals surface area contributed by atoms with E-state index in [1.807, 2.05) is 0 Å². The standard InChI is InChI=1S/C16H33NO2/c1-3-4-5-15-6-8-16(14-17,9-7-15)10-11-19-13-12-18-2/h15H,3-14,17H2,1-2H3. The number of rotatable bonds is 10. The first-order valence-corrected chi connectivity index (χ1v) is 8.03. The van der Waals surface area contributed by atoms with Gasteiger partial charge < -0.3 is 15.2 Å². The minimum atomic E-state index is 0.357. The Morgan fingerprint density at radius 3 is 2.47 bits per heavy atom. The summed E-state index contributed by atoms with van der Waals surface area (Å²) < 4.78 is 10.6. The van der Waals surface area contributed by atoms with Crippen LogP contribution in [0.15, 0.2) is 0 Å². The quantitative estimate of drug-likeness (QED) is 0.620. The molecule has 1 fully saturated rings. The van der Waals surface area contributed by atoms with Gasteiger partial charge in [-0.3, -0.25) is 0 Å². The van der Waals surface area contributed by atoms with Crippen molar-refractivity contribution >= 4 is 0 Å². The minimum absolute atomic E-state index is 0.357. The third-order valence-electron chi connectivity index (χ3n) is 4.77. The summed E-state index contributed by atoms with van der Waals surface area (Å²) in [6, 6.07) is 0. The van der Waals surface area contributed by atoms with Gasteiger partial charge in [0.15, 0.2) is 0 Å². The molecule has 0 heterocycles. The number of hydrogen-bond donors (Lipinski definition) is 1. The second-order valence-corrected chi connectivity index (χ2v) is 6.14. The van der Waals surface area contributed by atoms with Crippen LogP contribution in [-0.2, 0) is 9.47 Å². The highest BCUT2D eigenvalue weighted by atomic mass is 16.5. The van der Waals surface area contributed by atoms with E-state index in [-0.39, 0.29) is 0 Å². The number of hydrogen-bond acceptors (Lipinski definition) is 3. The Morgan fingerprint density at radius 2 is 1.89 bits per heavy atom. The normalized spacial score (nSPS) is 27.6. The Hall–Kier alpha value is -0.120. The van der Waals surface area contributed by atoms with E-state index in [9.17, 15) is 0 Å². The molecule has 2 N–H and O–H groups in total. The van der Waals surface area contributed by atoms with Gasteiger partial charge in [0.05, 0.1) is 13.2 Å². The van der Waals surface area contributed by atoms with Crippen LogP contribution in [0.25, 0.3) is 0 Å². The lowest BCUT2D eigenvalue weighted by molar-refractivity contribution is 0.0383. The summed E-state index contributed by atoms with van der Waals surface area (Å²) >= 11 is 0. The van der Waals surface area contributed by atoms with Crippen molar-refractivity contribution in [3.05, 3.63) is 0 Å². The van der Waals surface area contributed by atoms with Gasteiger partial charge in [0.1, 0.15) is 0 Å². The van der Waals surface area contributed by atoms with E-state index in [2.05, 4.69) is 6.92 Å². The first-order chi connectivity index (χ1) is 9.26. The van der Waals surface area contributed by atoms with Crippen LogP contribution < -0.4 is 5.73 Å². The van der Waals surface area contributed by atoms with Crippen molar-refractivity contribution in [1.82, 2.24) is 0 Å². The van der Waals surface area contributed by atoms with Crippen LogP contribution in [0, 0.1) is 11.3 Å². The van der Waals surface area contributed by atoms with Crippen molar-refractivity contribution < 1.29 is 9.47 Å². The molecule has 0 aromatic heterocycles. The SMILES string of the molecule is CCCCC1CCC(CN)(CCOCCOC)CC1. The average Bonchev–Trinajstić information content (AvgIpc) is 2.46. The Balaban J connectivity index is 2.22. The molecular weight excluding hydrogens is 238 g/mol. The van der Waals surface area contributed by atoms with E-state index < -0.39 is 0 Å². The monoisotopic (exact) mass is 271 g/mol. The third-order valence-corrected chi connectivity index (χ3v) is 4.77. The number of methoxy groups -OCH3 is 1. The predicted octanol–water partition coefficient (Wildman–Crippen LogP) is 3.37. The summed E-state index contributed by atoms with van der Waals surface area (Å²) in [7, 11) is 1.71. The lowest BCUT2D eigenvalue weighted by Crippen LogP contribution is -2.36. The molecule has 0 aliphatic heterocycles. The van der Waals surface area contributed by atoms with Crippen molar-refractivity contribution in [2.75, 3.05) is 33.5 Å². The topological polar surface area (TPSA) is 44.5 Å². The fraction of sp³-hybridized carbons (Fsp3) is 1.00. The van der Waals surface area contributed by atoms with Gasteiger partial charge in [-0.25, -0.2) is 0 Å². The van der Waals surface area contributed by atoms with E-state index in [0.717, 1.165) is 25.5 Å². The zero-order chi connectivity index (χ0) is 14.0. The van der Waals surface area contributed by atoms with E-state index in [1.165, 1.54) is 44.9 Å². The third kappa shape index (κ3) is 6.24. The maximum absolute atomic E-state index is 6.04. The summed E-state index contributed by atoms with van der Waals surface area (Å²) in [5.41, 5.74) is 6.40. The average molecular weight is 271 g/mol. The van der Waals surface area contributed by atoms with E-state index >= 15 is 0 Å². The number of unbranched alkanes of at least 4 members (excludes halogenated alkanes) is 1. The molecule has 0 radical (unpaired) electrons. The van der Waals surface area contributed by atoms with Crippen LogP contribution in [-0.4, -0.2) is 33.5 Å². The van der Waals surface area contributed by atoms with Crippen molar-refractivity contribution in [1.29, 1.82) is 0 Å². The van der Waals surface area contributed by atoms with Gasteiger partial charge in [-0.15, -0.1) is 0 Å². The lowest BCUT2D eigenvalue weighted by Gasteiger charge is -2.39. The summed E-state index contributed by atoms with van der Waals surface area (Å²) in [5.74, 6) is 0.953. The molecule has 0 atom stereocenters. The van der Waals surface area contributed by atoms with Crippen LogP contribution in [0.3, 0.4) is 0 Å². The van der Waals surface area contributed by atoms with Crippen LogP contribution in [0.2, 0.25) is 0 Å². The first kappa shape index (κ1) is 16.9. The van der Waals surface area contributed by atoms with Crippen molar-refractivity contribution in [2.24, 2.45) is 17.1 Å². The molecular formula is C16H33NO2. The van der Waals surface area contributed by atoms with Gasteiger partial charge in [-0.05, 0) is 50.0 Å². The largest absolute Gasteiger partial charge is 0.382 e. The number of ether oxygens (including phenoxy) is 2. The predicted molar refractivity (Wildman–Crippen MR) is 80.3 cm³/mol. The van der Waals surface area contributed by atoms with Crippen LogP contribution >= 0.6 is 0 Å². The van der Waals surface area contributed by atoms with Gasteiger partial charge in [-0.2, -0.15) is 0 Å². The molecule has 1 rings (SSSR count). The molecule has 1 saturated carbocycles. The summed E-state index contributed by atoms with van der Waals surface area (Å²) in [6.07, 6.45) is 10.6. The highest BCUT2D eigenvalue weighted by Crippen LogP contribution is 2.42. The Bertz CT molecular complexity index is 207. The fourth-order valence-corrected chi connectivity index (χ4v) is 3.16. The number of nitrogens with two attached hydrogens (primary N) is 1. The molecule has 0 bridgehead atoms. The van der Waals surface area contributed by atoms with Gasteiger partial charge >= 0.3 is 0 Å². The molecule has 0 unspecified atom stereocenters. The van der Waals surface area contributed by atoms with E-state index in [0.29, 0.717) is 18.6 Å². The Kier molecular flexibility index (Phi) is 8.67. The zero-order valence-corrected chi connectivity index (χ0v) is 13.0. The molecule has 114 valence electrons. The maximum Gasteiger partial charge on any atom is 0.0700 e. The van der Waals surface area contributed by atoms with Gasteiger partial charge in [0, 0.05) is 13.7 Å². The molecule has 3 heteroatoms. The van der Waals surface area contributed by atoms with Crippen LogP contribution in [0.1, 0.15) is 58.3 Å². The fourth-order valence-electron chi connectivity index (χ4n) is 3.16. The first-order valence-electron chi connectivity index (χ1n) is 8.03. The van der Waals surface area contributed by atoms with Crippen LogP contribution in [0.5, 0.6) is 0 Å². The molecule has 3 nitrogen and oxygen atoms in total. The highest BCUT2D eigenvalue weighted by molar-refractivity contribution is 4.86. The lowest BCUT2D eigenvalue weighted by atomic mass is 9.68. The molecule has 19 heavy (non-hydrogen) atoms. The molecule has 0 aromatic carbocycles. The molecule has 0 aromatic rings.